The molecule has 25 heavy (non-hydrogen) atoms. The number of carbonyl (C=O) groups is 3. The van der Waals surface area contributed by atoms with Crippen LogP contribution in [0.1, 0.15) is 28.9 Å². The molecule has 7 heteroatoms. The third-order valence-electron chi connectivity index (χ3n) is 3.71. The van der Waals surface area contributed by atoms with Crippen LogP contribution >= 0.6 is 0 Å². The molecule has 0 bridgehead atoms. The van der Waals surface area contributed by atoms with Crippen molar-refractivity contribution in [3.05, 3.63) is 53.9 Å². The van der Waals surface area contributed by atoms with Crippen LogP contribution in [0, 0.1) is 0 Å². The van der Waals surface area contributed by atoms with Gasteiger partial charge in [-0.3, -0.25) is 19.4 Å². The van der Waals surface area contributed by atoms with Crippen LogP contribution < -0.4 is 15.4 Å². The number of aromatic nitrogens is 1. The Morgan fingerprint density at radius 1 is 1.20 bits per heavy atom. The highest BCUT2D eigenvalue weighted by Gasteiger charge is 2.18. The van der Waals surface area contributed by atoms with Gasteiger partial charge in [0.25, 0.3) is 5.91 Å². The Morgan fingerprint density at radius 3 is 2.88 bits per heavy atom. The number of carbonyl (C=O) groups excluding carboxylic acids is 3. The first-order valence-corrected chi connectivity index (χ1v) is 7.88. The fourth-order valence-corrected chi connectivity index (χ4v) is 2.41. The Labute approximate surface area is 144 Å². The van der Waals surface area contributed by atoms with Gasteiger partial charge in [0.2, 0.25) is 5.91 Å². The molecule has 2 N–H and O–H groups in total. The molecule has 128 valence electrons. The van der Waals surface area contributed by atoms with Crippen LogP contribution in [0.25, 0.3) is 0 Å². The number of ketones is 1. The summed E-state index contributed by atoms with van der Waals surface area (Å²) in [6.07, 6.45) is 1.83. The van der Waals surface area contributed by atoms with E-state index in [0.717, 1.165) is 5.69 Å². The first-order chi connectivity index (χ1) is 12.1. The highest BCUT2D eigenvalue weighted by Crippen LogP contribution is 2.28. The lowest BCUT2D eigenvalue weighted by atomic mass is 10.0. The zero-order valence-corrected chi connectivity index (χ0v) is 13.5. The predicted octanol–water partition coefficient (Wildman–Crippen LogP) is 1.69. The number of anilines is 1. The normalized spacial score (nSPS) is 12.6. The van der Waals surface area contributed by atoms with E-state index in [1.54, 1.807) is 30.5 Å². The summed E-state index contributed by atoms with van der Waals surface area (Å²) in [6.45, 7) is 0.298. The maximum atomic E-state index is 12.2. The quantitative estimate of drug-likeness (QED) is 0.781. The molecule has 0 saturated carbocycles. The summed E-state index contributed by atoms with van der Waals surface area (Å²) in [5.41, 5.74) is 1.66. The minimum absolute atomic E-state index is 0.0310. The van der Waals surface area contributed by atoms with Crippen molar-refractivity contribution in [1.82, 2.24) is 10.3 Å². The molecule has 2 heterocycles. The minimum atomic E-state index is -0.258. The number of benzene rings is 1. The average molecular weight is 339 g/mol. The van der Waals surface area contributed by atoms with Crippen molar-refractivity contribution >= 4 is 23.3 Å². The molecule has 2 amide bonds. The SMILES string of the molecule is O=C(CCC(=O)c1ccc2c(c1)NC(=O)CO2)NCc1ccccn1. The van der Waals surface area contributed by atoms with Crippen molar-refractivity contribution in [2.75, 3.05) is 11.9 Å². The van der Waals surface area contributed by atoms with Crippen molar-refractivity contribution in [3.63, 3.8) is 0 Å². The van der Waals surface area contributed by atoms with Crippen LogP contribution in [0.15, 0.2) is 42.6 Å². The van der Waals surface area contributed by atoms with E-state index >= 15 is 0 Å². The van der Waals surface area contributed by atoms with Gasteiger partial charge in [-0.25, -0.2) is 0 Å². The molecular formula is C18H17N3O4. The van der Waals surface area contributed by atoms with Crippen LogP contribution in [0.3, 0.4) is 0 Å². The number of fused-ring (bicyclic) bond motifs is 1. The van der Waals surface area contributed by atoms with E-state index in [1.165, 1.54) is 0 Å². The minimum Gasteiger partial charge on any atom is -0.482 e. The van der Waals surface area contributed by atoms with Crippen molar-refractivity contribution in [2.24, 2.45) is 0 Å². The molecule has 7 nitrogen and oxygen atoms in total. The molecule has 0 unspecified atom stereocenters. The number of nitrogens with one attached hydrogen (secondary N) is 2. The van der Waals surface area contributed by atoms with Gasteiger partial charge in [-0.1, -0.05) is 6.07 Å². The zero-order chi connectivity index (χ0) is 17.6. The van der Waals surface area contributed by atoms with Crippen molar-refractivity contribution in [3.8, 4) is 5.75 Å². The second-order valence-corrected chi connectivity index (χ2v) is 5.57. The molecule has 1 aliphatic rings. The highest BCUT2D eigenvalue weighted by molar-refractivity contribution is 6.01. The molecule has 0 fully saturated rings. The Morgan fingerprint density at radius 2 is 2.08 bits per heavy atom. The number of hydrogen-bond acceptors (Lipinski definition) is 5. The summed E-state index contributed by atoms with van der Waals surface area (Å²) in [5, 5.41) is 5.39. The molecule has 0 spiro atoms. The second-order valence-electron chi connectivity index (χ2n) is 5.57. The lowest BCUT2D eigenvalue weighted by Crippen LogP contribution is -2.25. The largest absolute Gasteiger partial charge is 0.482 e. The number of nitrogens with zero attached hydrogens (tertiary/aromatic N) is 1. The standard InChI is InChI=1S/C18H17N3O4/c22-15(5-7-17(23)20-10-13-3-1-2-8-19-13)12-4-6-16-14(9-12)21-18(24)11-25-16/h1-4,6,8-9H,5,7,10-11H2,(H,20,23)(H,21,24). The number of ether oxygens (including phenoxy) is 1. The van der Waals surface area contributed by atoms with E-state index in [9.17, 15) is 14.4 Å². The molecular weight excluding hydrogens is 322 g/mol. The van der Waals surface area contributed by atoms with E-state index in [1.807, 2.05) is 12.1 Å². The Hall–Kier alpha value is -3.22. The molecule has 0 radical (unpaired) electrons. The van der Waals surface area contributed by atoms with Gasteiger partial charge in [-0.2, -0.15) is 0 Å². The summed E-state index contributed by atoms with van der Waals surface area (Å²) in [5.74, 6) is -0.112. The summed E-state index contributed by atoms with van der Waals surface area (Å²) in [4.78, 5) is 39.5. The summed E-state index contributed by atoms with van der Waals surface area (Å²) in [6, 6.07) is 10.3. The van der Waals surface area contributed by atoms with Crippen molar-refractivity contribution < 1.29 is 19.1 Å². The van der Waals surface area contributed by atoms with Crippen LogP contribution in [-0.2, 0) is 16.1 Å². The lowest BCUT2D eigenvalue weighted by Gasteiger charge is -2.18. The monoisotopic (exact) mass is 339 g/mol. The number of pyridine rings is 1. The predicted molar refractivity (Wildman–Crippen MR) is 90.2 cm³/mol. The van der Waals surface area contributed by atoms with Gasteiger partial charge in [0.05, 0.1) is 17.9 Å². The molecule has 1 aromatic carbocycles. The van der Waals surface area contributed by atoms with Crippen LogP contribution in [0.5, 0.6) is 5.75 Å². The van der Waals surface area contributed by atoms with Crippen molar-refractivity contribution in [2.45, 2.75) is 19.4 Å². The lowest BCUT2D eigenvalue weighted by molar-refractivity contribution is -0.121. The molecule has 0 atom stereocenters. The van der Waals surface area contributed by atoms with Gasteiger partial charge < -0.3 is 15.4 Å². The number of Topliss-reactive ketones (excluding diaryl/α,β-unsaturated/α-hetero) is 1. The Kier molecular flexibility index (Phi) is 5.03. The fraction of sp³-hybridized carbons (Fsp3) is 0.222. The summed E-state index contributed by atoms with van der Waals surface area (Å²) in [7, 11) is 0. The smallest absolute Gasteiger partial charge is 0.262 e. The van der Waals surface area contributed by atoms with Crippen LogP contribution in [0.4, 0.5) is 5.69 Å². The van der Waals surface area contributed by atoms with Gasteiger partial charge in [0.15, 0.2) is 12.4 Å². The fourth-order valence-electron chi connectivity index (χ4n) is 2.41. The van der Waals surface area contributed by atoms with Gasteiger partial charge in [-0.05, 0) is 30.3 Å². The topological polar surface area (TPSA) is 97.4 Å². The van der Waals surface area contributed by atoms with E-state index < -0.39 is 0 Å². The number of amides is 2. The van der Waals surface area contributed by atoms with Gasteiger partial charge in [0, 0.05) is 24.6 Å². The van der Waals surface area contributed by atoms with Crippen LogP contribution in [0.2, 0.25) is 0 Å². The zero-order valence-electron chi connectivity index (χ0n) is 13.5. The number of rotatable bonds is 6. The van der Waals surface area contributed by atoms with Gasteiger partial charge in [0.1, 0.15) is 5.75 Å². The van der Waals surface area contributed by atoms with E-state index in [4.69, 9.17) is 4.74 Å². The Bertz CT molecular complexity index is 805. The van der Waals surface area contributed by atoms with E-state index in [-0.39, 0.29) is 37.0 Å². The molecule has 1 aromatic heterocycles. The maximum Gasteiger partial charge on any atom is 0.262 e. The summed E-state index contributed by atoms with van der Waals surface area (Å²) < 4.78 is 5.25. The molecule has 2 aromatic rings. The second kappa shape index (κ2) is 7.57. The van der Waals surface area contributed by atoms with Gasteiger partial charge in [-0.15, -0.1) is 0 Å². The van der Waals surface area contributed by atoms with Crippen LogP contribution in [-0.4, -0.2) is 29.2 Å². The third-order valence-corrected chi connectivity index (χ3v) is 3.71. The molecule has 3 rings (SSSR count). The molecule has 0 saturated heterocycles. The number of hydrogen-bond donors (Lipinski definition) is 2. The first-order valence-electron chi connectivity index (χ1n) is 7.88. The maximum absolute atomic E-state index is 12.2. The van der Waals surface area contributed by atoms with E-state index in [0.29, 0.717) is 23.5 Å². The average Bonchev–Trinajstić information content (AvgIpc) is 2.64. The third kappa shape index (κ3) is 4.41. The highest BCUT2D eigenvalue weighted by atomic mass is 16.5. The summed E-state index contributed by atoms with van der Waals surface area (Å²) >= 11 is 0. The van der Waals surface area contributed by atoms with Crippen molar-refractivity contribution in [1.29, 1.82) is 0 Å². The van der Waals surface area contributed by atoms with E-state index in [2.05, 4.69) is 15.6 Å². The molecule has 0 aliphatic carbocycles. The molecule has 1 aliphatic heterocycles. The van der Waals surface area contributed by atoms with Gasteiger partial charge >= 0.3 is 0 Å². The Balaban J connectivity index is 1.51. The first kappa shape index (κ1) is 16.6.